The van der Waals surface area contributed by atoms with Crippen molar-refractivity contribution in [2.45, 2.75) is 19.3 Å². The molecule has 132 valence electrons. The van der Waals surface area contributed by atoms with Crippen LogP contribution < -0.4 is 0 Å². The van der Waals surface area contributed by atoms with E-state index >= 15 is 0 Å². The molecule has 4 heteroatoms. The van der Waals surface area contributed by atoms with Crippen LogP contribution in [0.1, 0.15) is 56.8 Å². The number of carbonyl (C=O) groups excluding carboxylic acids is 2. The van der Waals surface area contributed by atoms with Crippen molar-refractivity contribution in [2.75, 3.05) is 0 Å². The molecular weight excluding hydrogens is 468 g/mol. The van der Waals surface area contributed by atoms with Crippen LogP contribution in [0.3, 0.4) is 0 Å². The van der Waals surface area contributed by atoms with Gasteiger partial charge in [0.1, 0.15) is 0 Å². The van der Waals surface area contributed by atoms with Crippen molar-refractivity contribution >= 4 is 43.4 Å². The summed E-state index contributed by atoms with van der Waals surface area (Å²) in [6.45, 7) is 4.33. The predicted octanol–water partition coefficient (Wildman–Crippen LogP) is 6.29. The second-order valence-corrected chi connectivity index (χ2v) is 9.44. The van der Waals surface area contributed by atoms with E-state index in [-0.39, 0.29) is 17.0 Å². The number of fused-ring (bicyclic) bond motifs is 5. The Labute approximate surface area is 173 Å². The van der Waals surface area contributed by atoms with Gasteiger partial charge in [0.15, 0.2) is 11.6 Å². The number of hydrogen-bond acceptors (Lipinski definition) is 2. The number of rotatable bonds is 0. The van der Waals surface area contributed by atoms with Gasteiger partial charge in [-0.1, -0.05) is 51.8 Å². The predicted molar refractivity (Wildman–Crippen MR) is 113 cm³/mol. The van der Waals surface area contributed by atoms with Crippen LogP contribution in [-0.2, 0) is 5.41 Å². The average Bonchev–Trinajstić information content (AvgIpc) is 2.85. The standard InChI is InChI=1S/C23H14Br2O2/c1-23(2)19-8-12(25)3-5-13(19)15-9-17-18(10-20(15)23)22(27)16-7-11(24)4-6-14(16)21(17)26/h3-10H,1-2H3. The monoisotopic (exact) mass is 480 g/mol. The van der Waals surface area contributed by atoms with Gasteiger partial charge >= 0.3 is 0 Å². The summed E-state index contributed by atoms with van der Waals surface area (Å²) in [7, 11) is 0. The summed E-state index contributed by atoms with van der Waals surface area (Å²) in [5.74, 6) is -0.171. The Hall–Kier alpha value is -2.04. The average molecular weight is 482 g/mol. The first-order valence-corrected chi connectivity index (χ1v) is 10.3. The highest BCUT2D eigenvalue weighted by molar-refractivity contribution is 9.10. The summed E-state index contributed by atoms with van der Waals surface area (Å²) >= 11 is 6.96. The zero-order chi connectivity index (χ0) is 19.1. The lowest BCUT2D eigenvalue weighted by Gasteiger charge is -2.24. The molecule has 0 aromatic heterocycles. The largest absolute Gasteiger partial charge is 0.289 e. The Morgan fingerprint density at radius 2 is 1.11 bits per heavy atom. The summed E-state index contributed by atoms with van der Waals surface area (Å²) in [6.07, 6.45) is 0. The second kappa shape index (κ2) is 5.49. The summed E-state index contributed by atoms with van der Waals surface area (Å²) in [4.78, 5) is 26.3. The Balaban J connectivity index is 1.81. The molecule has 3 aromatic carbocycles. The van der Waals surface area contributed by atoms with E-state index in [2.05, 4.69) is 57.8 Å². The summed E-state index contributed by atoms with van der Waals surface area (Å²) < 4.78 is 1.82. The van der Waals surface area contributed by atoms with Crippen LogP contribution in [-0.4, -0.2) is 11.6 Å². The topological polar surface area (TPSA) is 34.1 Å². The molecular formula is C23H14Br2O2. The fourth-order valence-electron chi connectivity index (χ4n) is 4.32. The van der Waals surface area contributed by atoms with Crippen LogP contribution in [0.15, 0.2) is 57.5 Å². The molecule has 0 atom stereocenters. The normalized spacial score (nSPS) is 15.9. The van der Waals surface area contributed by atoms with Gasteiger partial charge in [0.05, 0.1) is 0 Å². The maximum absolute atomic E-state index is 13.2. The molecule has 0 saturated carbocycles. The lowest BCUT2D eigenvalue weighted by molar-refractivity contribution is 0.0979. The summed E-state index contributed by atoms with van der Waals surface area (Å²) in [6, 6.07) is 15.3. The Morgan fingerprint density at radius 1 is 0.593 bits per heavy atom. The Morgan fingerprint density at radius 3 is 1.85 bits per heavy atom. The van der Waals surface area contributed by atoms with Crippen molar-refractivity contribution in [3.8, 4) is 11.1 Å². The first kappa shape index (κ1) is 17.1. The zero-order valence-corrected chi connectivity index (χ0v) is 17.9. The molecule has 0 radical (unpaired) electrons. The maximum Gasteiger partial charge on any atom is 0.194 e. The highest BCUT2D eigenvalue weighted by Gasteiger charge is 2.39. The summed E-state index contributed by atoms with van der Waals surface area (Å²) in [5, 5.41) is 0. The van der Waals surface area contributed by atoms with E-state index in [1.807, 2.05) is 18.2 Å². The minimum absolute atomic E-state index is 0.0849. The van der Waals surface area contributed by atoms with E-state index < -0.39 is 0 Å². The molecule has 2 aliphatic rings. The molecule has 2 aliphatic carbocycles. The number of halogens is 2. The SMILES string of the molecule is CC1(C)c2cc(Br)ccc2-c2cc3c(cc21)C(=O)c1cc(Br)ccc1C3=O. The van der Waals surface area contributed by atoms with Crippen molar-refractivity contribution in [1.29, 1.82) is 0 Å². The summed E-state index contributed by atoms with van der Waals surface area (Å²) in [5.41, 5.74) is 6.19. The van der Waals surface area contributed by atoms with Crippen LogP contribution in [0.25, 0.3) is 11.1 Å². The van der Waals surface area contributed by atoms with Gasteiger partial charge in [-0.25, -0.2) is 0 Å². The van der Waals surface area contributed by atoms with Crippen LogP contribution >= 0.6 is 31.9 Å². The molecule has 27 heavy (non-hydrogen) atoms. The molecule has 0 spiro atoms. The highest BCUT2D eigenvalue weighted by Crippen LogP contribution is 2.50. The fourth-order valence-corrected chi connectivity index (χ4v) is 5.04. The van der Waals surface area contributed by atoms with Gasteiger partial charge < -0.3 is 0 Å². The molecule has 0 unspecified atom stereocenters. The minimum Gasteiger partial charge on any atom is -0.289 e. The van der Waals surface area contributed by atoms with E-state index in [0.717, 1.165) is 25.6 Å². The number of benzene rings is 3. The van der Waals surface area contributed by atoms with Crippen molar-refractivity contribution in [3.05, 3.63) is 90.9 Å². The van der Waals surface area contributed by atoms with E-state index in [1.54, 1.807) is 18.2 Å². The van der Waals surface area contributed by atoms with Gasteiger partial charge in [-0.05, 0) is 64.7 Å². The van der Waals surface area contributed by atoms with Crippen LogP contribution in [0.5, 0.6) is 0 Å². The number of hydrogen-bond donors (Lipinski definition) is 0. The third kappa shape index (κ3) is 2.23. The zero-order valence-electron chi connectivity index (χ0n) is 14.7. The van der Waals surface area contributed by atoms with Crippen molar-refractivity contribution in [3.63, 3.8) is 0 Å². The highest BCUT2D eigenvalue weighted by atomic mass is 79.9. The molecule has 0 saturated heterocycles. The first-order chi connectivity index (χ1) is 12.8. The number of ketones is 2. The lowest BCUT2D eigenvalue weighted by atomic mass is 9.78. The third-order valence-electron chi connectivity index (χ3n) is 5.74. The number of carbonyl (C=O) groups is 2. The Bertz CT molecular complexity index is 1210. The molecule has 2 nitrogen and oxygen atoms in total. The van der Waals surface area contributed by atoms with Crippen LogP contribution in [0.4, 0.5) is 0 Å². The van der Waals surface area contributed by atoms with Gasteiger partial charge in [-0.2, -0.15) is 0 Å². The van der Waals surface area contributed by atoms with Crippen molar-refractivity contribution in [2.24, 2.45) is 0 Å². The van der Waals surface area contributed by atoms with Gasteiger partial charge in [0.2, 0.25) is 0 Å². The molecule has 0 heterocycles. The van der Waals surface area contributed by atoms with Gasteiger partial charge in [-0.3, -0.25) is 9.59 Å². The second-order valence-electron chi connectivity index (χ2n) is 7.61. The molecule has 0 aliphatic heterocycles. The van der Waals surface area contributed by atoms with Gasteiger partial charge in [0, 0.05) is 36.6 Å². The van der Waals surface area contributed by atoms with E-state index in [4.69, 9.17) is 0 Å². The van der Waals surface area contributed by atoms with Crippen LogP contribution in [0, 0.1) is 0 Å². The maximum atomic E-state index is 13.2. The molecule has 0 N–H and O–H groups in total. The lowest BCUT2D eigenvalue weighted by Crippen LogP contribution is -2.23. The van der Waals surface area contributed by atoms with Gasteiger partial charge in [-0.15, -0.1) is 0 Å². The molecule has 0 amide bonds. The van der Waals surface area contributed by atoms with Crippen molar-refractivity contribution in [1.82, 2.24) is 0 Å². The smallest absolute Gasteiger partial charge is 0.194 e. The third-order valence-corrected chi connectivity index (χ3v) is 6.72. The van der Waals surface area contributed by atoms with E-state index in [9.17, 15) is 9.59 Å². The molecule has 0 bridgehead atoms. The van der Waals surface area contributed by atoms with Crippen LogP contribution in [0.2, 0.25) is 0 Å². The minimum atomic E-state index is -0.232. The fraction of sp³-hybridized carbons (Fsp3) is 0.130. The van der Waals surface area contributed by atoms with E-state index in [0.29, 0.717) is 22.3 Å². The first-order valence-electron chi connectivity index (χ1n) is 8.67. The van der Waals surface area contributed by atoms with E-state index in [1.165, 1.54) is 5.56 Å². The quantitative estimate of drug-likeness (QED) is 0.295. The van der Waals surface area contributed by atoms with Gasteiger partial charge in [0.25, 0.3) is 0 Å². The van der Waals surface area contributed by atoms with Crippen molar-refractivity contribution < 1.29 is 9.59 Å². The molecule has 5 rings (SSSR count). The molecule has 3 aromatic rings. The molecule has 0 fully saturated rings. The Kier molecular flexibility index (Phi) is 3.47.